The highest BCUT2D eigenvalue weighted by Gasteiger charge is 2.12. The molecule has 1 aromatic heterocycles. The van der Waals surface area contributed by atoms with Crippen molar-refractivity contribution in [2.24, 2.45) is 0 Å². The Morgan fingerprint density at radius 2 is 1.97 bits per heavy atom. The number of benzene rings is 3. The van der Waals surface area contributed by atoms with E-state index in [0.717, 1.165) is 17.5 Å². The number of anilines is 1. The molecule has 182 valence electrons. The molecule has 0 saturated heterocycles. The van der Waals surface area contributed by atoms with Crippen LogP contribution >= 0.6 is 12.2 Å². The van der Waals surface area contributed by atoms with Crippen LogP contribution in [0, 0.1) is 10.1 Å². The minimum atomic E-state index is -0.490. The number of hydrogen-bond acceptors (Lipinski definition) is 6. The molecular formula is C27H24N4O4S. The Hall–Kier alpha value is -4.37. The van der Waals surface area contributed by atoms with Crippen molar-refractivity contribution in [3.63, 3.8) is 0 Å². The number of thiocarbonyl (C=S) groups is 1. The van der Waals surface area contributed by atoms with Gasteiger partial charge >= 0.3 is 0 Å². The van der Waals surface area contributed by atoms with Gasteiger partial charge in [-0.05, 0) is 72.1 Å². The van der Waals surface area contributed by atoms with Crippen molar-refractivity contribution in [2.45, 2.75) is 26.2 Å². The van der Waals surface area contributed by atoms with Gasteiger partial charge < -0.3 is 9.73 Å². The van der Waals surface area contributed by atoms with Crippen molar-refractivity contribution in [2.75, 3.05) is 5.32 Å². The molecule has 1 heterocycles. The topological polar surface area (TPSA) is 110 Å². The number of aromatic nitrogens is 1. The number of nitrogens with zero attached hydrogens (tertiary/aromatic N) is 2. The molecule has 0 fully saturated rings. The van der Waals surface area contributed by atoms with Crippen LogP contribution in [0.25, 0.3) is 28.6 Å². The highest BCUT2D eigenvalue weighted by Crippen LogP contribution is 2.29. The molecule has 0 aliphatic heterocycles. The van der Waals surface area contributed by atoms with Crippen LogP contribution in [0.4, 0.5) is 11.4 Å². The second kappa shape index (κ2) is 10.9. The van der Waals surface area contributed by atoms with Gasteiger partial charge in [0.15, 0.2) is 10.7 Å². The molecule has 1 amide bonds. The van der Waals surface area contributed by atoms with Gasteiger partial charge in [-0.25, -0.2) is 4.98 Å². The van der Waals surface area contributed by atoms with Gasteiger partial charge in [-0.15, -0.1) is 0 Å². The zero-order valence-electron chi connectivity index (χ0n) is 19.7. The van der Waals surface area contributed by atoms with E-state index in [1.54, 1.807) is 12.1 Å². The molecule has 1 atom stereocenters. The smallest absolute Gasteiger partial charge is 0.270 e. The Balaban J connectivity index is 1.41. The second-order valence-electron chi connectivity index (χ2n) is 8.27. The summed E-state index contributed by atoms with van der Waals surface area (Å²) in [5.74, 6) is 0.468. The van der Waals surface area contributed by atoms with E-state index in [2.05, 4.69) is 41.6 Å². The number of amides is 1. The van der Waals surface area contributed by atoms with E-state index in [-0.39, 0.29) is 10.8 Å². The van der Waals surface area contributed by atoms with Crippen LogP contribution in [0.1, 0.15) is 37.3 Å². The lowest BCUT2D eigenvalue weighted by Gasteiger charge is -2.08. The maximum atomic E-state index is 12.2. The number of nitro groups is 1. The summed E-state index contributed by atoms with van der Waals surface area (Å²) in [4.78, 5) is 27.3. The summed E-state index contributed by atoms with van der Waals surface area (Å²) in [6.07, 6.45) is 3.78. The largest absolute Gasteiger partial charge is 0.436 e. The number of fused-ring (bicyclic) bond motifs is 1. The number of nitro benzene ring substituents is 1. The Kier molecular flexibility index (Phi) is 7.50. The molecule has 0 saturated carbocycles. The highest BCUT2D eigenvalue weighted by molar-refractivity contribution is 7.80. The van der Waals surface area contributed by atoms with Gasteiger partial charge in [0.05, 0.1) is 4.92 Å². The molecule has 0 unspecified atom stereocenters. The average molecular weight is 501 g/mol. The van der Waals surface area contributed by atoms with Crippen molar-refractivity contribution in [1.82, 2.24) is 10.3 Å². The third kappa shape index (κ3) is 6.00. The fourth-order valence-electron chi connectivity index (χ4n) is 3.57. The van der Waals surface area contributed by atoms with Gasteiger partial charge in [0, 0.05) is 29.5 Å². The Labute approximate surface area is 213 Å². The van der Waals surface area contributed by atoms with Crippen LogP contribution < -0.4 is 10.6 Å². The first-order chi connectivity index (χ1) is 17.3. The number of carbonyl (C=O) groups is 1. The number of non-ortho nitro benzene ring substituents is 1. The predicted octanol–water partition coefficient (Wildman–Crippen LogP) is 6.44. The van der Waals surface area contributed by atoms with Gasteiger partial charge in [0.2, 0.25) is 11.8 Å². The molecule has 4 rings (SSSR count). The maximum absolute atomic E-state index is 12.2. The lowest BCUT2D eigenvalue weighted by molar-refractivity contribution is -0.384. The second-order valence-corrected chi connectivity index (χ2v) is 8.67. The van der Waals surface area contributed by atoms with Gasteiger partial charge in [-0.2, -0.15) is 0 Å². The molecule has 4 aromatic rings. The first-order valence-electron chi connectivity index (χ1n) is 11.4. The molecule has 36 heavy (non-hydrogen) atoms. The van der Waals surface area contributed by atoms with E-state index in [1.165, 1.54) is 29.8 Å². The lowest BCUT2D eigenvalue weighted by Crippen LogP contribution is -2.32. The summed E-state index contributed by atoms with van der Waals surface area (Å²) in [7, 11) is 0. The molecule has 0 bridgehead atoms. The van der Waals surface area contributed by atoms with E-state index >= 15 is 0 Å². The predicted molar refractivity (Wildman–Crippen MR) is 145 cm³/mol. The van der Waals surface area contributed by atoms with Gasteiger partial charge in [0.1, 0.15) is 5.52 Å². The molecule has 0 aliphatic carbocycles. The van der Waals surface area contributed by atoms with E-state index in [4.69, 9.17) is 16.6 Å². The average Bonchev–Trinajstić information content (AvgIpc) is 3.31. The van der Waals surface area contributed by atoms with Crippen molar-refractivity contribution >= 4 is 51.8 Å². The van der Waals surface area contributed by atoms with E-state index in [9.17, 15) is 14.9 Å². The first-order valence-corrected chi connectivity index (χ1v) is 11.8. The third-order valence-electron chi connectivity index (χ3n) is 5.71. The standard InChI is InChI=1S/C27H24N4O4S/c1-3-17(2)19-11-12-24-23(16-19)29-26(35-24)20-7-5-8-21(15-20)28-27(36)30-25(32)13-10-18-6-4-9-22(14-18)31(33)34/h4-17H,3H2,1-2H3,(H2,28,30,32,36)/b13-10+/t17-/m1/s1. The van der Waals surface area contributed by atoms with Crippen LogP contribution in [-0.4, -0.2) is 20.9 Å². The SMILES string of the molecule is CC[C@@H](C)c1ccc2oc(-c3cccc(NC(=S)NC(=O)/C=C/c4cccc([N+](=O)[O-])c4)c3)nc2c1. The van der Waals surface area contributed by atoms with E-state index in [1.807, 2.05) is 30.3 Å². The van der Waals surface area contributed by atoms with Crippen molar-refractivity contribution in [3.05, 3.63) is 94.0 Å². The van der Waals surface area contributed by atoms with E-state index in [0.29, 0.717) is 28.6 Å². The van der Waals surface area contributed by atoms with Crippen LogP contribution in [0.5, 0.6) is 0 Å². The summed E-state index contributed by atoms with van der Waals surface area (Å²) < 4.78 is 5.95. The van der Waals surface area contributed by atoms with Crippen LogP contribution in [0.2, 0.25) is 0 Å². The number of hydrogen-bond donors (Lipinski definition) is 2. The number of oxazole rings is 1. The molecule has 8 nitrogen and oxygen atoms in total. The summed E-state index contributed by atoms with van der Waals surface area (Å²) in [6, 6.07) is 19.4. The number of carbonyl (C=O) groups excluding carboxylic acids is 1. The Bertz CT molecular complexity index is 1480. The molecule has 0 radical (unpaired) electrons. The normalized spacial score (nSPS) is 11.9. The Morgan fingerprint density at radius 1 is 1.17 bits per heavy atom. The van der Waals surface area contributed by atoms with Gasteiger partial charge in [0.25, 0.3) is 5.69 Å². The summed E-state index contributed by atoms with van der Waals surface area (Å²) >= 11 is 5.26. The minimum absolute atomic E-state index is 0.0514. The summed E-state index contributed by atoms with van der Waals surface area (Å²) in [5, 5.41) is 16.5. The molecular weight excluding hydrogens is 476 g/mol. The summed E-state index contributed by atoms with van der Waals surface area (Å²) in [6.45, 7) is 4.34. The molecule has 9 heteroatoms. The zero-order valence-corrected chi connectivity index (χ0v) is 20.5. The zero-order chi connectivity index (χ0) is 25.7. The maximum Gasteiger partial charge on any atom is 0.270 e. The first kappa shape index (κ1) is 24.7. The lowest BCUT2D eigenvalue weighted by atomic mass is 9.98. The molecule has 0 spiro atoms. The fraction of sp³-hybridized carbons (Fsp3) is 0.148. The molecule has 2 N–H and O–H groups in total. The highest BCUT2D eigenvalue weighted by atomic mass is 32.1. The fourth-order valence-corrected chi connectivity index (χ4v) is 3.79. The van der Waals surface area contributed by atoms with Crippen molar-refractivity contribution in [1.29, 1.82) is 0 Å². The van der Waals surface area contributed by atoms with E-state index < -0.39 is 10.8 Å². The van der Waals surface area contributed by atoms with Gasteiger partial charge in [-0.3, -0.25) is 20.2 Å². The van der Waals surface area contributed by atoms with Crippen LogP contribution in [-0.2, 0) is 4.79 Å². The monoisotopic (exact) mass is 500 g/mol. The summed E-state index contributed by atoms with van der Waals surface area (Å²) in [5.41, 5.74) is 4.64. The van der Waals surface area contributed by atoms with Crippen molar-refractivity contribution < 1.29 is 14.1 Å². The Morgan fingerprint density at radius 3 is 2.75 bits per heavy atom. The third-order valence-corrected chi connectivity index (χ3v) is 5.91. The number of nitrogens with one attached hydrogen (secondary N) is 2. The van der Waals surface area contributed by atoms with Crippen molar-refractivity contribution in [3.8, 4) is 11.5 Å². The minimum Gasteiger partial charge on any atom is -0.436 e. The number of rotatable bonds is 7. The molecule has 3 aromatic carbocycles. The van der Waals surface area contributed by atoms with Gasteiger partial charge in [-0.1, -0.05) is 38.1 Å². The van der Waals surface area contributed by atoms with Crippen LogP contribution in [0.3, 0.4) is 0 Å². The van der Waals surface area contributed by atoms with Crippen LogP contribution in [0.15, 0.2) is 77.2 Å². The molecule has 0 aliphatic rings. The quantitative estimate of drug-likeness (QED) is 0.130.